The van der Waals surface area contributed by atoms with E-state index in [-0.39, 0.29) is 11.8 Å². The van der Waals surface area contributed by atoms with Crippen LogP contribution in [0.3, 0.4) is 0 Å². The van der Waals surface area contributed by atoms with Gasteiger partial charge in [0.05, 0.1) is 23.1 Å². The number of hydrogen-bond donors (Lipinski definition) is 0. The van der Waals surface area contributed by atoms with Crippen molar-refractivity contribution in [1.29, 1.82) is 0 Å². The summed E-state index contributed by atoms with van der Waals surface area (Å²) in [6.07, 6.45) is 5.75. The molecule has 2 bridgehead atoms. The lowest BCUT2D eigenvalue weighted by atomic mass is 9.42. The molecule has 4 nitrogen and oxygen atoms in total. The fourth-order valence-corrected chi connectivity index (χ4v) is 6.15. The maximum Gasteiger partial charge on any atom is 0.180 e. The van der Waals surface area contributed by atoms with E-state index in [0.29, 0.717) is 11.1 Å². The van der Waals surface area contributed by atoms with E-state index in [9.17, 15) is 4.79 Å². The first-order valence-electron chi connectivity index (χ1n) is 10.5. The molecule has 0 amide bonds. The van der Waals surface area contributed by atoms with E-state index in [0.717, 1.165) is 34.1 Å². The third-order valence-corrected chi connectivity index (χ3v) is 8.09. The number of fused-ring (bicyclic) bond motifs is 3. The lowest BCUT2D eigenvalue weighted by molar-refractivity contribution is -0.0274. The van der Waals surface area contributed by atoms with E-state index in [1.165, 1.54) is 28.4 Å². The monoisotopic (exact) mass is 507 g/mol. The molecular formula is C25H22IN3O. The van der Waals surface area contributed by atoms with Gasteiger partial charge < -0.3 is 0 Å². The SMILES string of the molecule is CC(=O)c1ncn2c1[C@H](C)N=C(c1ccccc1I)c1cc(C34CC(C3)C4)ccc1-2. The molecule has 2 aromatic carbocycles. The molecule has 3 fully saturated rings. The summed E-state index contributed by atoms with van der Waals surface area (Å²) in [4.78, 5) is 21.9. The standard InChI is InChI=1S/C25H22IN3O/c1-14-24-22(15(2)30)27-13-29(24)21-8-7-17(25-10-16(11-25)12-25)9-19(21)23(28-14)18-5-3-4-6-20(18)26/h3-9,13-14,16H,10-12H2,1-2H3/t14-,16?,25?/m0/s1. The van der Waals surface area contributed by atoms with Crippen molar-refractivity contribution in [2.75, 3.05) is 0 Å². The van der Waals surface area contributed by atoms with Crippen LogP contribution in [0.4, 0.5) is 0 Å². The zero-order valence-electron chi connectivity index (χ0n) is 17.0. The van der Waals surface area contributed by atoms with Crippen molar-refractivity contribution in [2.24, 2.45) is 10.9 Å². The average Bonchev–Trinajstić information content (AvgIpc) is 3.05. The number of ketones is 1. The third kappa shape index (κ3) is 2.47. The third-order valence-electron chi connectivity index (χ3n) is 7.15. The summed E-state index contributed by atoms with van der Waals surface area (Å²) in [6.45, 7) is 3.64. The highest BCUT2D eigenvalue weighted by molar-refractivity contribution is 14.1. The van der Waals surface area contributed by atoms with Gasteiger partial charge >= 0.3 is 0 Å². The molecule has 30 heavy (non-hydrogen) atoms. The summed E-state index contributed by atoms with van der Waals surface area (Å²) in [5.74, 6) is 0.918. The van der Waals surface area contributed by atoms with Gasteiger partial charge in [0.15, 0.2) is 5.78 Å². The maximum atomic E-state index is 12.3. The Morgan fingerprint density at radius 2 is 1.90 bits per heavy atom. The molecule has 0 unspecified atom stereocenters. The lowest BCUT2D eigenvalue weighted by Crippen LogP contribution is -2.55. The van der Waals surface area contributed by atoms with Gasteiger partial charge in [0.25, 0.3) is 0 Å². The van der Waals surface area contributed by atoms with Crippen LogP contribution < -0.4 is 0 Å². The Labute approximate surface area is 189 Å². The minimum atomic E-state index is -0.164. The molecule has 0 saturated heterocycles. The van der Waals surface area contributed by atoms with Gasteiger partial charge in [-0.05, 0) is 83.9 Å². The van der Waals surface area contributed by atoms with Crippen LogP contribution in [0.1, 0.15) is 72.0 Å². The Balaban J connectivity index is 1.63. The van der Waals surface area contributed by atoms with Crippen LogP contribution >= 0.6 is 22.6 Å². The molecule has 1 aromatic heterocycles. The van der Waals surface area contributed by atoms with E-state index in [1.54, 1.807) is 13.3 Å². The number of aliphatic imine (C=N–C) groups is 1. The van der Waals surface area contributed by atoms with Gasteiger partial charge in [-0.15, -0.1) is 0 Å². The van der Waals surface area contributed by atoms with Crippen molar-refractivity contribution in [3.05, 3.63) is 80.4 Å². The molecule has 0 radical (unpaired) electrons. The first-order chi connectivity index (χ1) is 14.5. The second-order valence-corrected chi connectivity index (χ2v) is 10.2. The summed E-state index contributed by atoms with van der Waals surface area (Å²) in [5, 5.41) is 0. The Morgan fingerprint density at radius 3 is 2.57 bits per heavy atom. The van der Waals surface area contributed by atoms with Gasteiger partial charge in [-0.25, -0.2) is 4.98 Å². The van der Waals surface area contributed by atoms with Gasteiger partial charge in [-0.3, -0.25) is 14.4 Å². The predicted octanol–water partition coefficient (Wildman–Crippen LogP) is 5.64. The van der Waals surface area contributed by atoms with Crippen LogP contribution in [0.25, 0.3) is 5.69 Å². The molecule has 2 heterocycles. The topological polar surface area (TPSA) is 47.2 Å². The summed E-state index contributed by atoms with van der Waals surface area (Å²) >= 11 is 2.39. The summed E-state index contributed by atoms with van der Waals surface area (Å²) in [5.41, 5.74) is 7.56. The molecule has 150 valence electrons. The Kier molecular flexibility index (Phi) is 3.92. The number of carbonyl (C=O) groups excluding carboxylic acids is 1. The van der Waals surface area contributed by atoms with Crippen LogP contribution in [-0.2, 0) is 5.41 Å². The first kappa shape index (κ1) is 18.5. The van der Waals surface area contributed by atoms with Gasteiger partial charge in [-0.1, -0.05) is 24.3 Å². The Bertz CT molecular complexity index is 1240. The van der Waals surface area contributed by atoms with Crippen molar-refractivity contribution in [3.8, 4) is 5.69 Å². The minimum absolute atomic E-state index is 0.0180. The second kappa shape index (κ2) is 6.36. The van der Waals surface area contributed by atoms with E-state index < -0.39 is 0 Å². The number of halogens is 1. The zero-order chi connectivity index (χ0) is 20.6. The van der Waals surface area contributed by atoms with Crippen LogP contribution in [0, 0.1) is 9.49 Å². The average molecular weight is 507 g/mol. The molecule has 3 aromatic rings. The van der Waals surface area contributed by atoms with E-state index in [4.69, 9.17) is 4.99 Å². The number of carbonyl (C=O) groups is 1. The van der Waals surface area contributed by atoms with Crippen LogP contribution in [0.2, 0.25) is 0 Å². The molecule has 5 heteroatoms. The van der Waals surface area contributed by atoms with Crippen molar-refractivity contribution in [2.45, 2.75) is 44.6 Å². The number of hydrogen-bond acceptors (Lipinski definition) is 3. The smallest absolute Gasteiger partial charge is 0.180 e. The van der Waals surface area contributed by atoms with Gasteiger partial charge in [0, 0.05) is 21.6 Å². The number of Topliss-reactive ketones (excluding diaryl/α,β-unsaturated/α-hetero) is 1. The Hall–Kier alpha value is -2.28. The van der Waals surface area contributed by atoms with Crippen molar-refractivity contribution in [1.82, 2.24) is 9.55 Å². The molecule has 0 N–H and O–H groups in total. The normalized spacial score (nSPS) is 25.9. The van der Waals surface area contributed by atoms with Crippen LogP contribution in [-0.4, -0.2) is 21.0 Å². The summed E-state index contributed by atoms with van der Waals surface area (Å²) in [7, 11) is 0. The second-order valence-electron chi connectivity index (χ2n) is 9.03. The molecule has 3 saturated carbocycles. The molecule has 0 spiro atoms. The summed E-state index contributed by atoms with van der Waals surface area (Å²) < 4.78 is 3.26. The van der Waals surface area contributed by atoms with E-state index >= 15 is 0 Å². The number of rotatable bonds is 3. The number of aromatic nitrogens is 2. The molecule has 7 rings (SSSR count). The fraction of sp³-hybridized carbons (Fsp3) is 0.320. The van der Waals surface area contributed by atoms with E-state index in [1.807, 2.05) is 0 Å². The number of imidazole rings is 1. The highest BCUT2D eigenvalue weighted by atomic mass is 127. The zero-order valence-corrected chi connectivity index (χ0v) is 19.2. The number of nitrogens with zero attached hydrogens (tertiary/aromatic N) is 3. The predicted molar refractivity (Wildman–Crippen MR) is 126 cm³/mol. The first-order valence-corrected chi connectivity index (χ1v) is 11.6. The summed E-state index contributed by atoms with van der Waals surface area (Å²) in [6, 6.07) is 15.1. The van der Waals surface area contributed by atoms with Gasteiger partial charge in [0.2, 0.25) is 0 Å². The fourth-order valence-electron chi connectivity index (χ4n) is 5.51. The maximum absolute atomic E-state index is 12.3. The van der Waals surface area contributed by atoms with Crippen molar-refractivity contribution >= 4 is 34.1 Å². The van der Waals surface area contributed by atoms with Gasteiger partial charge in [-0.2, -0.15) is 0 Å². The molecule has 1 aliphatic heterocycles. The largest absolute Gasteiger partial charge is 0.300 e. The molecular weight excluding hydrogens is 485 g/mol. The molecule has 1 atom stereocenters. The van der Waals surface area contributed by atoms with Crippen LogP contribution in [0.5, 0.6) is 0 Å². The Morgan fingerprint density at radius 1 is 1.13 bits per heavy atom. The van der Waals surface area contributed by atoms with Crippen molar-refractivity contribution in [3.63, 3.8) is 0 Å². The van der Waals surface area contributed by atoms with Gasteiger partial charge in [0.1, 0.15) is 12.0 Å². The lowest BCUT2D eigenvalue weighted by Gasteiger charge is -2.62. The van der Waals surface area contributed by atoms with Crippen molar-refractivity contribution < 1.29 is 4.79 Å². The highest BCUT2D eigenvalue weighted by Crippen LogP contribution is 2.65. The molecule has 4 aliphatic rings. The quantitative estimate of drug-likeness (QED) is 0.340. The minimum Gasteiger partial charge on any atom is -0.300 e. The molecule has 3 aliphatic carbocycles. The van der Waals surface area contributed by atoms with E-state index in [2.05, 4.69) is 81.5 Å². The van der Waals surface area contributed by atoms with Crippen LogP contribution in [0.15, 0.2) is 53.8 Å². The number of benzene rings is 2. The highest BCUT2D eigenvalue weighted by Gasteiger charge is 2.57.